The molecule has 1 aliphatic rings. The molecule has 0 amide bonds. The summed E-state index contributed by atoms with van der Waals surface area (Å²) in [4.78, 5) is 0. The summed E-state index contributed by atoms with van der Waals surface area (Å²) >= 11 is 0. The molecule has 0 bridgehead atoms. The lowest BCUT2D eigenvalue weighted by atomic mass is 9.59. The maximum Gasteiger partial charge on any atom is 0.171 e. The van der Waals surface area contributed by atoms with Crippen molar-refractivity contribution in [1.29, 1.82) is 0 Å². The summed E-state index contributed by atoms with van der Waals surface area (Å²) in [5.41, 5.74) is 9.39. The first-order valence-electron chi connectivity index (χ1n) is 18.3. The zero-order valence-electron chi connectivity index (χ0n) is 29.9. The second-order valence-electron chi connectivity index (χ2n) is 13.9. The Hall–Kier alpha value is -6.01. The number of rotatable bonds is 7. The first-order valence-corrected chi connectivity index (χ1v) is 20.0. The molecule has 0 fully saturated rings. The van der Waals surface area contributed by atoms with Crippen LogP contribution in [0.1, 0.15) is 36.1 Å². The molecule has 0 spiro atoms. The van der Waals surface area contributed by atoms with Crippen LogP contribution in [-0.4, -0.2) is 0 Å². The number of benzene rings is 8. The van der Waals surface area contributed by atoms with Gasteiger partial charge in [-0.1, -0.05) is 200 Å². The first kappa shape index (κ1) is 32.9. The van der Waals surface area contributed by atoms with Crippen molar-refractivity contribution in [3.8, 4) is 11.1 Å². The fourth-order valence-electron chi connectivity index (χ4n) is 8.95. The van der Waals surface area contributed by atoms with Crippen molar-refractivity contribution in [1.82, 2.24) is 0 Å². The number of allylic oxidation sites excluding steroid dienone is 4. The standard InChI is InChI=1S/C51H39OP/c1-3-19-46-36(2)48-43-28-16-17-29-44(43)49(37-32-34-42(35-33-37)53(52,40-24-12-6-13-25-40)41-26-14-7-15-27-41)45-30-18-31-47(50(45)48)51(46,38-20-8-4-9-21-38)39-22-10-5-11-23-39/h3-35H,1-2H3/b19-3-. The molecule has 0 saturated heterocycles. The van der Waals surface area contributed by atoms with Gasteiger partial charge in [0.25, 0.3) is 0 Å². The van der Waals surface area contributed by atoms with Gasteiger partial charge in [0.05, 0.1) is 5.41 Å². The highest BCUT2D eigenvalue weighted by atomic mass is 31.2. The van der Waals surface area contributed by atoms with Gasteiger partial charge >= 0.3 is 0 Å². The Morgan fingerprint density at radius 3 is 1.45 bits per heavy atom. The average molecular weight is 699 g/mol. The maximum absolute atomic E-state index is 15.3. The SMILES string of the molecule is C/C=C\C1=C(C)c2c3ccccc3c(-c3ccc(P(=O)(c4ccccc4)c4ccccc4)cc3)c3cccc(c23)C1(c1ccccc1)c1ccccc1. The van der Waals surface area contributed by atoms with Gasteiger partial charge in [-0.2, -0.15) is 0 Å². The van der Waals surface area contributed by atoms with Gasteiger partial charge < -0.3 is 4.57 Å². The van der Waals surface area contributed by atoms with E-state index in [-0.39, 0.29) is 0 Å². The van der Waals surface area contributed by atoms with Crippen molar-refractivity contribution in [2.45, 2.75) is 19.3 Å². The monoisotopic (exact) mass is 698 g/mol. The lowest BCUT2D eigenvalue weighted by Gasteiger charge is -2.43. The second kappa shape index (κ2) is 13.2. The molecule has 0 unspecified atom stereocenters. The third-order valence-corrected chi connectivity index (χ3v) is 14.2. The van der Waals surface area contributed by atoms with Crippen molar-refractivity contribution in [3.05, 3.63) is 228 Å². The van der Waals surface area contributed by atoms with Crippen LogP contribution < -0.4 is 15.9 Å². The van der Waals surface area contributed by atoms with Crippen LogP contribution in [0.25, 0.3) is 38.2 Å². The van der Waals surface area contributed by atoms with Crippen molar-refractivity contribution in [2.75, 3.05) is 0 Å². The van der Waals surface area contributed by atoms with E-state index in [1.807, 2.05) is 60.7 Å². The van der Waals surface area contributed by atoms with E-state index in [1.165, 1.54) is 60.5 Å². The molecule has 0 radical (unpaired) electrons. The van der Waals surface area contributed by atoms with Crippen molar-refractivity contribution in [3.63, 3.8) is 0 Å². The van der Waals surface area contributed by atoms with Gasteiger partial charge in [-0.15, -0.1) is 0 Å². The zero-order chi connectivity index (χ0) is 36.0. The minimum Gasteiger partial charge on any atom is -0.309 e. The summed E-state index contributed by atoms with van der Waals surface area (Å²) in [6.07, 6.45) is 4.52. The lowest BCUT2D eigenvalue weighted by molar-refractivity contribution is 0.592. The topological polar surface area (TPSA) is 17.1 Å². The quantitative estimate of drug-likeness (QED) is 0.120. The van der Waals surface area contributed by atoms with Gasteiger partial charge in [0.15, 0.2) is 7.14 Å². The van der Waals surface area contributed by atoms with E-state index in [0.717, 1.165) is 21.5 Å². The largest absolute Gasteiger partial charge is 0.309 e. The second-order valence-corrected chi connectivity index (χ2v) is 16.6. The Labute approximate surface area is 312 Å². The summed E-state index contributed by atoms with van der Waals surface area (Å²) in [5.74, 6) is 0. The van der Waals surface area contributed by atoms with Gasteiger partial charge in [-0.3, -0.25) is 0 Å². The normalized spacial score (nSPS) is 13.9. The van der Waals surface area contributed by atoms with Crippen molar-refractivity contribution < 1.29 is 4.57 Å². The van der Waals surface area contributed by atoms with Gasteiger partial charge in [-0.05, 0) is 79.9 Å². The fraction of sp³-hybridized carbons (Fsp3) is 0.0588. The molecule has 2 heteroatoms. The minimum atomic E-state index is -3.12. The molecule has 53 heavy (non-hydrogen) atoms. The third-order valence-electron chi connectivity index (χ3n) is 11.1. The van der Waals surface area contributed by atoms with E-state index < -0.39 is 12.6 Å². The zero-order valence-corrected chi connectivity index (χ0v) is 30.8. The van der Waals surface area contributed by atoms with Gasteiger partial charge in [-0.25, -0.2) is 0 Å². The molecule has 0 saturated carbocycles. The molecule has 0 aliphatic heterocycles. The van der Waals surface area contributed by atoms with Gasteiger partial charge in [0, 0.05) is 15.9 Å². The smallest absolute Gasteiger partial charge is 0.171 e. The van der Waals surface area contributed by atoms with Crippen LogP contribution in [0, 0.1) is 0 Å². The van der Waals surface area contributed by atoms with E-state index in [4.69, 9.17) is 0 Å². The number of hydrogen-bond donors (Lipinski definition) is 0. The van der Waals surface area contributed by atoms with E-state index in [0.29, 0.717) is 0 Å². The first-order chi connectivity index (χ1) is 26.1. The van der Waals surface area contributed by atoms with Crippen molar-refractivity contribution in [2.24, 2.45) is 0 Å². The van der Waals surface area contributed by atoms with Crippen molar-refractivity contribution >= 4 is 50.2 Å². The Morgan fingerprint density at radius 1 is 0.472 bits per heavy atom. The highest BCUT2D eigenvalue weighted by Crippen LogP contribution is 2.57. The lowest BCUT2D eigenvalue weighted by Crippen LogP contribution is -2.34. The predicted octanol–water partition coefficient (Wildman–Crippen LogP) is 12.0. The molecule has 0 N–H and O–H groups in total. The Morgan fingerprint density at radius 2 is 0.925 bits per heavy atom. The van der Waals surface area contributed by atoms with Crippen LogP contribution in [0.5, 0.6) is 0 Å². The maximum atomic E-state index is 15.3. The van der Waals surface area contributed by atoms with E-state index in [1.54, 1.807) is 0 Å². The summed E-state index contributed by atoms with van der Waals surface area (Å²) < 4.78 is 15.3. The molecule has 8 aromatic rings. The summed E-state index contributed by atoms with van der Waals surface area (Å²) in [6, 6.07) is 66.1. The average Bonchev–Trinajstić information content (AvgIpc) is 3.23. The van der Waals surface area contributed by atoms with E-state index in [2.05, 4.69) is 153 Å². The van der Waals surface area contributed by atoms with E-state index in [9.17, 15) is 0 Å². The minimum absolute atomic E-state index is 0.535. The molecular formula is C51H39OP. The summed E-state index contributed by atoms with van der Waals surface area (Å²) in [6.45, 7) is 4.43. The predicted molar refractivity (Wildman–Crippen MR) is 226 cm³/mol. The highest BCUT2D eigenvalue weighted by molar-refractivity contribution is 7.85. The van der Waals surface area contributed by atoms with Gasteiger partial charge in [0.1, 0.15) is 0 Å². The molecule has 1 aliphatic carbocycles. The molecular weight excluding hydrogens is 660 g/mol. The Balaban J connectivity index is 1.36. The third kappa shape index (κ3) is 4.96. The number of hydrogen-bond acceptors (Lipinski definition) is 1. The van der Waals surface area contributed by atoms with Crippen LogP contribution in [-0.2, 0) is 9.98 Å². The van der Waals surface area contributed by atoms with Gasteiger partial charge in [0.2, 0.25) is 0 Å². The Bertz CT molecular complexity index is 2640. The Kier molecular flexibility index (Phi) is 8.18. The molecule has 0 atom stereocenters. The molecule has 1 nitrogen and oxygen atoms in total. The fourth-order valence-corrected chi connectivity index (χ4v) is 11.6. The van der Waals surface area contributed by atoms with Crippen LogP contribution >= 0.6 is 7.14 Å². The molecule has 0 heterocycles. The van der Waals surface area contributed by atoms with E-state index >= 15 is 4.57 Å². The molecule has 8 aromatic carbocycles. The summed E-state index contributed by atoms with van der Waals surface area (Å²) in [7, 11) is -3.12. The highest BCUT2D eigenvalue weighted by Gasteiger charge is 2.44. The molecule has 9 rings (SSSR count). The van der Waals surface area contributed by atoms with Crippen LogP contribution in [0.15, 0.2) is 206 Å². The summed E-state index contributed by atoms with van der Waals surface area (Å²) in [5, 5.41) is 7.44. The number of fused-ring (bicyclic) bond motifs is 2. The van der Waals surface area contributed by atoms with Crippen LogP contribution in [0.4, 0.5) is 0 Å². The molecule has 0 aromatic heterocycles. The van der Waals surface area contributed by atoms with Crippen LogP contribution in [0.3, 0.4) is 0 Å². The molecule has 254 valence electrons. The van der Waals surface area contributed by atoms with Crippen LogP contribution in [0.2, 0.25) is 0 Å².